The SMILES string of the molecule is O=S(=O)(CC=Cc1cccc(F)c1)n1ccc2c(N[C@H]3CCNC3)nc3ccccc3c21. The molecule has 164 valence electrons. The van der Waals surface area contributed by atoms with E-state index in [1.165, 1.54) is 16.1 Å². The maximum atomic E-state index is 13.4. The molecule has 0 amide bonds. The average Bonchev–Trinajstić information content (AvgIpc) is 3.44. The van der Waals surface area contributed by atoms with Gasteiger partial charge in [0.25, 0.3) is 0 Å². The van der Waals surface area contributed by atoms with E-state index in [0.717, 1.165) is 35.8 Å². The summed E-state index contributed by atoms with van der Waals surface area (Å²) in [6, 6.07) is 15.6. The Balaban J connectivity index is 1.55. The third-order valence-corrected chi connectivity index (χ3v) is 7.18. The van der Waals surface area contributed by atoms with Gasteiger partial charge in [0.15, 0.2) is 0 Å². The van der Waals surface area contributed by atoms with Gasteiger partial charge in [-0.05, 0) is 42.8 Å². The van der Waals surface area contributed by atoms with Crippen molar-refractivity contribution in [1.29, 1.82) is 0 Å². The van der Waals surface area contributed by atoms with E-state index in [0.29, 0.717) is 16.9 Å². The molecule has 0 saturated carbocycles. The van der Waals surface area contributed by atoms with Gasteiger partial charge < -0.3 is 10.6 Å². The molecule has 0 unspecified atom stereocenters. The highest BCUT2D eigenvalue weighted by atomic mass is 32.2. The summed E-state index contributed by atoms with van der Waals surface area (Å²) in [5.41, 5.74) is 1.96. The number of benzene rings is 2. The second kappa shape index (κ2) is 8.37. The Morgan fingerprint density at radius 2 is 2.03 bits per heavy atom. The van der Waals surface area contributed by atoms with Gasteiger partial charge in [-0.2, -0.15) is 0 Å². The Bertz CT molecular complexity index is 1420. The number of halogens is 1. The van der Waals surface area contributed by atoms with Crippen LogP contribution < -0.4 is 10.6 Å². The summed E-state index contributed by atoms with van der Waals surface area (Å²) in [6.45, 7) is 1.79. The molecule has 2 N–H and O–H groups in total. The molecule has 6 nitrogen and oxygen atoms in total. The lowest BCUT2D eigenvalue weighted by Gasteiger charge is -2.15. The van der Waals surface area contributed by atoms with E-state index < -0.39 is 10.0 Å². The standard InChI is InChI=1S/C24H23FN4O2S/c25-18-7-3-5-17(15-18)6-4-14-32(30,31)29-13-11-21-23(29)20-8-1-2-9-22(20)28-24(21)27-19-10-12-26-16-19/h1-9,11,13,15,19,26H,10,12,14,16H2,(H,27,28)/t19-/m0/s1. The Morgan fingerprint density at radius 1 is 1.16 bits per heavy atom. The lowest BCUT2D eigenvalue weighted by molar-refractivity contribution is 0.592. The molecule has 0 radical (unpaired) electrons. The largest absolute Gasteiger partial charge is 0.365 e. The predicted molar refractivity (Wildman–Crippen MR) is 127 cm³/mol. The van der Waals surface area contributed by atoms with Crippen molar-refractivity contribution in [3.05, 3.63) is 78.3 Å². The van der Waals surface area contributed by atoms with Crippen molar-refractivity contribution in [2.24, 2.45) is 0 Å². The van der Waals surface area contributed by atoms with E-state index in [-0.39, 0.29) is 17.6 Å². The Kier molecular flexibility index (Phi) is 5.40. The van der Waals surface area contributed by atoms with Gasteiger partial charge in [0.1, 0.15) is 11.6 Å². The van der Waals surface area contributed by atoms with E-state index in [4.69, 9.17) is 4.98 Å². The number of pyridine rings is 1. The molecule has 2 aromatic carbocycles. The minimum Gasteiger partial charge on any atom is -0.365 e. The molecule has 0 bridgehead atoms. The van der Waals surface area contributed by atoms with Crippen molar-refractivity contribution < 1.29 is 12.8 Å². The summed E-state index contributed by atoms with van der Waals surface area (Å²) in [4.78, 5) is 4.78. The molecule has 1 saturated heterocycles. The molecule has 8 heteroatoms. The van der Waals surface area contributed by atoms with E-state index >= 15 is 0 Å². The monoisotopic (exact) mass is 450 g/mol. The second-order valence-electron chi connectivity index (χ2n) is 7.92. The quantitative estimate of drug-likeness (QED) is 0.465. The number of rotatable bonds is 6. The minimum atomic E-state index is -3.69. The molecule has 3 heterocycles. The first kappa shape index (κ1) is 20.7. The van der Waals surface area contributed by atoms with Gasteiger partial charge in [-0.25, -0.2) is 21.8 Å². The van der Waals surface area contributed by atoms with Crippen LogP contribution in [0.3, 0.4) is 0 Å². The van der Waals surface area contributed by atoms with Gasteiger partial charge >= 0.3 is 0 Å². The van der Waals surface area contributed by atoms with Crippen LogP contribution in [0.5, 0.6) is 0 Å². The van der Waals surface area contributed by atoms with Crippen molar-refractivity contribution in [3.63, 3.8) is 0 Å². The molecule has 1 fully saturated rings. The summed E-state index contributed by atoms with van der Waals surface area (Å²) < 4.78 is 41.2. The lowest BCUT2D eigenvalue weighted by Crippen LogP contribution is -2.23. The normalized spacial score (nSPS) is 17.0. The minimum absolute atomic E-state index is 0.209. The molecule has 4 aromatic rings. The van der Waals surface area contributed by atoms with E-state index in [2.05, 4.69) is 10.6 Å². The molecule has 2 aromatic heterocycles. The van der Waals surface area contributed by atoms with Gasteiger partial charge in [0, 0.05) is 29.6 Å². The fourth-order valence-corrected chi connectivity index (χ4v) is 5.35. The lowest BCUT2D eigenvalue weighted by atomic mass is 10.1. The van der Waals surface area contributed by atoms with Gasteiger partial charge in [-0.3, -0.25) is 0 Å². The zero-order valence-corrected chi connectivity index (χ0v) is 18.1. The van der Waals surface area contributed by atoms with Gasteiger partial charge in [0.05, 0.1) is 16.8 Å². The van der Waals surface area contributed by atoms with Crippen molar-refractivity contribution in [2.75, 3.05) is 24.2 Å². The summed E-state index contributed by atoms with van der Waals surface area (Å²) in [7, 11) is -3.69. The first-order chi connectivity index (χ1) is 15.5. The summed E-state index contributed by atoms with van der Waals surface area (Å²) >= 11 is 0. The smallest absolute Gasteiger partial charge is 0.242 e. The van der Waals surface area contributed by atoms with Crippen LogP contribution in [0.4, 0.5) is 10.2 Å². The zero-order chi connectivity index (χ0) is 22.1. The third-order valence-electron chi connectivity index (χ3n) is 5.67. The number of hydrogen-bond acceptors (Lipinski definition) is 5. The topological polar surface area (TPSA) is 76.0 Å². The first-order valence-electron chi connectivity index (χ1n) is 10.5. The molecule has 5 rings (SSSR count). The highest BCUT2D eigenvalue weighted by molar-refractivity contribution is 7.90. The number of aromatic nitrogens is 2. The number of anilines is 1. The molecule has 0 aliphatic carbocycles. The number of hydrogen-bond donors (Lipinski definition) is 2. The summed E-state index contributed by atoms with van der Waals surface area (Å²) in [6.07, 6.45) is 5.73. The Labute approximate surface area is 185 Å². The number of nitrogens with one attached hydrogen (secondary N) is 2. The fraction of sp³-hybridized carbons (Fsp3) is 0.208. The molecular formula is C24H23FN4O2S. The molecule has 1 atom stereocenters. The maximum absolute atomic E-state index is 13.4. The Hall–Kier alpha value is -3.23. The zero-order valence-electron chi connectivity index (χ0n) is 17.3. The molecule has 1 aliphatic heterocycles. The molecule has 32 heavy (non-hydrogen) atoms. The van der Waals surface area contributed by atoms with Crippen LogP contribution >= 0.6 is 0 Å². The third kappa shape index (κ3) is 3.99. The van der Waals surface area contributed by atoms with Gasteiger partial charge in [0.2, 0.25) is 10.0 Å². The number of nitrogens with zero attached hydrogens (tertiary/aromatic N) is 2. The summed E-state index contributed by atoms with van der Waals surface area (Å²) in [5.74, 6) is 0.124. The van der Waals surface area contributed by atoms with E-state index in [1.54, 1.807) is 36.5 Å². The highest BCUT2D eigenvalue weighted by Gasteiger charge is 2.21. The van der Waals surface area contributed by atoms with Crippen LogP contribution in [0.25, 0.3) is 27.9 Å². The fourth-order valence-electron chi connectivity index (χ4n) is 4.13. The molecule has 0 spiro atoms. The van der Waals surface area contributed by atoms with Gasteiger partial charge in [-0.15, -0.1) is 0 Å². The van der Waals surface area contributed by atoms with Crippen LogP contribution in [0.2, 0.25) is 0 Å². The Morgan fingerprint density at radius 3 is 2.84 bits per heavy atom. The van der Waals surface area contributed by atoms with Crippen molar-refractivity contribution in [1.82, 2.24) is 14.3 Å². The van der Waals surface area contributed by atoms with Crippen LogP contribution in [0, 0.1) is 5.82 Å². The van der Waals surface area contributed by atoms with Crippen molar-refractivity contribution >= 4 is 43.7 Å². The van der Waals surface area contributed by atoms with Crippen LogP contribution in [0.15, 0.2) is 66.9 Å². The van der Waals surface area contributed by atoms with Crippen molar-refractivity contribution in [3.8, 4) is 0 Å². The second-order valence-corrected chi connectivity index (χ2v) is 9.81. The van der Waals surface area contributed by atoms with E-state index in [9.17, 15) is 12.8 Å². The molecule has 1 aliphatic rings. The van der Waals surface area contributed by atoms with Crippen molar-refractivity contribution in [2.45, 2.75) is 12.5 Å². The van der Waals surface area contributed by atoms with Crippen LogP contribution in [-0.4, -0.2) is 42.3 Å². The first-order valence-corrected chi connectivity index (χ1v) is 12.1. The molecular weight excluding hydrogens is 427 g/mol. The highest BCUT2D eigenvalue weighted by Crippen LogP contribution is 2.32. The maximum Gasteiger partial charge on any atom is 0.242 e. The van der Waals surface area contributed by atoms with Crippen LogP contribution in [-0.2, 0) is 10.0 Å². The predicted octanol–water partition coefficient (Wildman–Crippen LogP) is 3.99. The van der Waals surface area contributed by atoms with E-state index in [1.807, 2.05) is 24.3 Å². The van der Waals surface area contributed by atoms with Gasteiger partial charge in [-0.1, -0.05) is 42.5 Å². The number of fused-ring (bicyclic) bond motifs is 3. The average molecular weight is 451 g/mol. The summed E-state index contributed by atoms with van der Waals surface area (Å²) in [5, 5.41) is 8.35. The number of para-hydroxylation sites is 1. The van der Waals surface area contributed by atoms with Crippen LogP contribution in [0.1, 0.15) is 12.0 Å².